The van der Waals surface area contributed by atoms with E-state index in [0.29, 0.717) is 0 Å². The van der Waals surface area contributed by atoms with Gasteiger partial charge in [0.25, 0.3) is 5.91 Å². The molecule has 0 bridgehead atoms. The van der Waals surface area contributed by atoms with Crippen LogP contribution in [0.25, 0.3) is 0 Å². The molecule has 0 aliphatic rings. The van der Waals surface area contributed by atoms with Crippen LogP contribution in [0.3, 0.4) is 0 Å². The van der Waals surface area contributed by atoms with Gasteiger partial charge in [-0.05, 0) is 18.2 Å². The van der Waals surface area contributed by atoms with Crippen LogP contribution in [0.4, 0.5) is 14.5 Å². The van der Waals surface area contributed by atoms with Crippen LogP contribution in [0.15, 0.2) is 30.5 Å². The highest BCUT2D eigenvalue weighted by Crippen LogP contribution is 2.23. The normalized spacial score (nSPS) is 10.3. The van der Waals surface area contributed by atoms with Gasteiger partial charge in [0.2, 0.25) is 0 Å². The predicted molar refractivity (Wildman–Crippen MR) is 68.6 cm³/mol. The van der Waals surface area contributed by atoms with E-state index in [1.807, 2.05) is 0 Å². The fourth-order valence-corrected chi connectivity index (χ4v) is 1.74. The zero-order valence-electron chi connectivity index (χ0n) is 9.25. The van der Waals surface area contributed by atoms with Crippen molar-refractivity contribution in [3.63, 3.8) is 0 Å². The maximum absolute atomic E-state index is 13.6. The molecule has 0 aliphatic heterocycles. The number of amides is 1. The first-order valence-corrected chi connectivity index (χ1v) is 5.81. The second kappa shape index (κ2) is 5.50. The third-order valence-electron chi connectivity index (χ3n) is 2.25. The number of carbonyl (C=O) groups excluding carboxylic acids is 1. The van der Waals surface area contributed by atoms with E-state index in [-0.39, 0.29) is 21.4 Å². The van der Waals surface area contributed by atoms with Crippen molar-refractivity contribution in [3.8, 4) is 0 Å². The molecule has 1 heterocycles. The maximum Gasteiger partial charge on any atom is 0.258 e. The van der Waals surface area contributed by atoms with Gasteiger partial charge in [0.1, 0.15) is 11.0 Å². The number of carbonyl (C=O) groups is 1. The van der Waals surface area contributed by atoms with Crippen LogP contribution in [-0.4, -0.2) is 10.9 Å². The Labute approximate surface area is 117 Å². The first-order chi connectivity index (χ1) is 8.99. The Kier molecular flexibility index (Phi) is 3.97. The summed E-state index contributed by atoms with van der Waals surface area (Å²) in [7, 11) is 0. The van der Waals surface area contributed by atoms with Crippen molar-refractivity contribution in [1.82, 2.24) is 4.98 Å². The van der Waals surface area contributed by atoms with Crippen molar-refractivity contribution >= 4 is 34.8 Å². The fourth-order valence-electron chi connectivity index (χ4n) is 1.37. The maximum atomic E-state index is 13.6. The second-order valence-corrected chi connectivity index (χ2v) is 4.31. The average Bonchev–Trinajstić information content (AvgIpc) is 2.38. The van der Waals surface area contributed by atoms with E-state index < -0.39 is 17.5 Å². The summed E-state index contributed by atoms with van der Waals surface area (Å²) in [6.07, 6.45) is 0.874. The zero-order chi connectivity index (χ0) is 14.0. The van der Waals surface area contributed by atoms with E-state index in [0.717, 1.165) is 12.3 Å². The summed E-state index contributed by atoms with van der Waals surface area (Å²) in [5.41, 5.74) is -0.320. The lowest BCUT2D eigenvalue weighted by molar-refractivity contribution is 0.102. The van der Waals surface area contributed by atoms with Crippen LogP contribution < -0.4 is 5.32 Å². The van der Waals surface area contributed by atoms with Gasteiger partial charge in [-0.3, -0.25) is 4.79 Å². The summed E-state index contributed by atoms with van der Waals surface area (Å²) in [4.78, 5) is 15.3. The Morgan fingerprint density at radius 3 is 2.74 bits per heavy atom. The summed E-state index contributed by atoms with van der Waals surface area (Å²) in [6, 6.07) is 5.03. The lowest BCUT2D eigenvalue weighted by atomic mass is 10.2. The standard InChI is InChI=1S/C12H6Cl2F2N2O/c13-8-2-1-3-9(10(8)16)18-12(19)7-4-6(15)5-17-11(7)14/h1-5H,(H,18,19). The van der Waals surface area contributed by atoms with Crippen LogP contribution in [0.5, 0.6) is 0 Å². The van der Waals surface area contributed by atoms with Crippen LogP contribution in [0, 0.1) is 11.6 Å². The molecule has 0 unspecified atom stereocenters. The molecule has 0 aliphatic carbocycles. The molecule has 0 atom stereocenters. The van der Waals surface area contributed by atoms with Crippen molar-refractivity contribution in [2.24, 2.45) is 0 Å². The topological polar surface area (TPSA) is 42.0 Å². The quantitative estimate of drug-likeness (QED) is 0.854. The van der Waals surface area contributed by atoms with E-state index in [1.165, 1.54) is 18.2 Å². The number of halogens is 4. The van der Waals surface area contributed by atoms with Crippen LogP contribution in [0.1, 0.15) is 10.4 Å². The van der Waals surface area contributed by atoms with Gasteiger partial charge in [0, 0.05) is 0 Å². The van der Waals surface area contributed by atoms with E-state index >= 15 is 0 Å². The van der Waals surface area contributed by atoms with Crippen LogP contribution in [-0.2, 0) is 0 Å². The van der Waals surface area contributed by atoms with Gasteiger partial charge in [0.05, 0.1) is 22.5 Å². The Bertz CT molecular complexity index is 650. The van der Waals surface area contributed by atoms with E-state index in [4.69, 9.17) is 23.2 Å². The molecule has 98 valence electrons. The van der Waals surface area contributed by atoms with E-state index in [2.05, 4.69) is 10.3 Å². The molecule has 0 spiro atoms. The highest BCUT2D eigenvalue weighted by atomic mass is 35.5. The SMILES string of the molecule is O=C(Nc1cccc(Cl)c1F)c1cc(F)cnc1Cl. The summed E-state index contributed by atoms with van der Waals surface area (Å²) >= 11 is 11.2. The molecule has 3 nitrogen and oxygen atoms in total. The molecule has 2 rings (SSSR count). The van der Waals surface area contributed by atoms with Gasteiger partial charge in [-0.25, -0.2) is 13.8 Å². The van der Waals surface area contributed by atoms with Gasteiger partial charge in [-0.15, -0.1) is 0 Å². The first-order valence-electron chi connectivity index (χ1n) is 5.05. The van der Waals surface area contributed by atoms with Crippen molar-refractivity contribution in [2.75, 3.05) is 5.32 Å². The molecule has 0 radical (unpaired) electrons. The third-order valence-corrected chi connectivity index (χ3v) is 2.84. The van der Waals surface area contributed by atoms with Gasteiger partial charge in [0.15, 0.2) is 5.82 Å². The Balaban J connectivity index is 2.31. The largest absolute Gasteiger partial charge is 0.319 e. The second-order valence-electron chi connectivity index (χ2n) is 3.55. The molecule has 19 heavy (non-hydrogen) atoms. The number of benzene rings is 1. The first kappa shape index (κ1) is 13.7. The fraction of sp³-hybridized carbons (Fsp3) is 0. The van der Waals surface area contributed by atoms with Gasteiger partial charge in [-0.2, -0.15) is 0 Å². The number of rotatable bonds is 2. The molecule has 0 saturated heterocycles. The van der Waals surface area contributed by atoms with Gasteiger partial charge < -0.3 is 5.32 Å². The van der Waals surface area contributed by atoms with E-state index in [9.17, 15) is 13.6 Å². The van der Waals surface area contributed by atoms with Crippen molar-refractivity contribution in [2.45, 2.75) is 0 Å². The molecule has 0 fully saturated rings. The number of hydrogen-bond acceptors (Lipinski definition) is 2. The molecule has 1 aromatic heterocycles. The number of pyridine rings is 1. The Hall–Kier alpha value is -1.72. The monoisotopic (exact) mass is 302 g/mol. The highest BCUT2D eigenvalue weighted by Gasteiger charge is 2.15. The Morgan fingerprint density at radius 2 is 2.00 bits per heavy atom. The minimum Gasteiger partial charge on any atom is -0.319 e. The Morgan fingerprint density at radius 1 is 1.26 bits per heavy atom. The highest BCUT2D eigenvalue weighted by molar-refractivity contribution is 6.33. The minimum atomic E-state index is -0.780. The molecule has 7 heteroatoms. The molecular formula is C12H6Cl2F2N2O. The average molecular weight is 303 g/mol. The number of aromatic nitrogens is 1. The summed E-state index contributed by atoms with van der Waals surface area (Å²) in [6.45, 7) is 0. The van der Waals surface area contributed by atoms with Gasteiger partial charge in [-0.1, -0.05) is 29.3 Å². The molecular weight excluding hydrogens is 297 g/mol. The number of anilines is 1. The number of nitrogens with one attached hydrogen (secondary N) is 1. The lowest BCUT2D eigenvalue weighted by Gasteiger charge is -2.08. The molecule has 1 aromatic carbocycles. The van der Waals surface area contributed by atoms with Crippen molar-refractivity contribution in [3.05, 3.63) is 57.8 Å². The molecule has 0 saturated carbocycles. The molecule has 2 aromatic rings. The summed E-state index contributed by atoms with van der Waals surface area (Å²) in [5, 5.41) is 1.93. The lowest BCUT2D eigenvalue weighted by Crippen LogP contribution is -2.14. The van der Waals surface area contributed by atoms with Gasteiger partial charge >= 0.3 is 0 Å². The predicted octanol–water partition coefficient (Wildman–Crippen LogP) is 3.92. The van der Waals surface area contributed by atoms with E-state index in [1.54, 1.807) is 0 Å². The van der Waals surface area contributed by atoms with Crippen LogP contribution in [0.2, 0.25) is 10.2 Å². The third kappa shape index (κ3) is 3.00. The molecule has 1 amide bonds. The van der Waals surface area contributed by atoms with Crippen molar-refractivity contribution < 1.29 is 13.6 Å². The minimum absolute atomic E-state index is 0.127. The summed E-state index contributed by atoms with van der Waals surface area (Å²) < 4.78 is 26.6. The zero-order valence-corrected chi connectivity index (χ0v) is 10.8. The number of nitrogens with zero attached hydrogens (tertiary/aromatic N) is 1. The van der Waals surface area contributed by atoms with Crippen LogP contribution >= 0.6 is 23.2 Å². The van der Waals surface area contributed by atoms with Crippen molar-refractivity contribution in [1.29, 1.82) is 0 Å². The number of hydrogen-bond donors (Lipinski definition) is 1. The smallest absolute Gasteiger partial charge is 0.258 e. The molecule has 1 N–H and O–H groups in total. The summed E-state index contributed by atoms with van der Waals surface area (Å²) in [5.74, 6) is -2.28.